The van der Waals surface area contributed by atoms with Crippen molar-refractivity contribution in [3.05, 3.63) is 59.7 Å². The number of carbonyl (C=O) groups excluding carboxylic acids is 1. The summed E-state index contributed by atoms with van der Waals surface area (Å²) in [5, 5.41) is 2.67. The first-order chi connectivity index (χ1) is 11.8. The van der Waals surface area contributed by atoms with Crippen LogP contribution < -0.4 is 14.8 Å². The Morgan fingerprint density at radius 2 is 1.68 bits per heavy atom. The Hall–Kier alpha value is -2.70. The van der Waals surface area contributed by atoms with Gasteiger partial charge in [-0.15, -0.1) is 0 Å². The van der Waals surface area contributed by atoms with Gasteiger partial charge in [0, 0.05) is 5.56 Å². The van der Waals surface area contributed by atoms with Crippen molar-refractivity contribution in [3.8, 4) is 11.5 Å². The number of nitrogens with one attached hydrogen (secondary N) is 1. The molecule has 2 rings (SSSR count). The number of halogens is 3. The van der Waals surface area contributed by atoms with Crippen LogP contribution in [-0.2, 0) is 11.0 Å². The van der Waals surface area contributed by atoms with E-state index in [4.69, 9.17) is 9.47 Å². The molecular weight excluding hydrogens is 335 g/mol. The Labute approximate surface area is 143 Å². The zero-order chi connectivity index (χ0) is 18.4. The quantitative estimate of drug-likeness (QED) is 0.855. The number of hydrogen-bond donors (Lipinski definition) is 1. The van der Waals surface area contributed by atoms with Gasteiger partial charge in [0.15, 0.2) is 6.61 Å². The maximum atomic E-state index is 12.9. The zero-order valence-corrected chi connectivity index (χ0v) is 13.8. The van der Waals surface area contributed by atoms with Gasteiger partial charge in [-0.25, -0.2) is 0 Å². The minimum absolute atomic E-state index is 0.380. The highest BCUT2D eigenvalue weighted by Crippen LogP contribution is 2.35. The van der Waals surface area contributed by atoms with Gasteiger partial charge in [-0.05, 0) is 25.1 Å². The maximum absolute atomic E-state index is 12.9. The van der Waals surface area contributed by atoms with Crippen LogP contribution in [0.25, 0.3) is 0 Å². The SMILES string of the molecule is COc1ccccc1C(C)NC(=O)COc1ccccc1C(F)(F)F. The van der Waals surface area contributed by atoms with Crippen LogP contribution in [0, 0.1) is 0 Å². The van der Waals surface area contributed by atoms with Gasteiger partial charge < -0.3 is 14.8 Å². The van der Waals surface area contributed by atoms with Gasteiger partial charge in [0.05, 0.1) is 18.7 Å². The molecule has 0 aliphatic heterocycles. The summed E-state index contributed by atoms with van der Waals surface area (Å²) in [5.41, 5.74) is -0.158. The largest absolute Gasteiger partial charge is 0.496 e. The van der Waals surface area contributed by atoms with Gasteiger partial charge in [-0.3, -0.25) is 4.79 Å². The highest BCUT2D eigenvalue weighted by molar-refractivity contribution is 5.78. The second-order valence-electron chi connectivity index (χ2n) is 5.31. The average molecular weight is 353 g/mol. The van der Waals surface area contributed by atoms with Gasteiger partial charge in [-0.2, -0.15) is 13.2 Å². The van der Waals surface area contributed by atoms with Crippen LogP contribution in [0.4, 0.5) is 13.2 Å². The minimum Gasteiger partial charge on any atom is -0.496 e. The van der Waals surface area contributed by atoms with Crippen molar-refractivity contribution in [2.75, 3.05) is 13.7 Å². The second-order valence-corrected chi connectivity index (χ2v) is 5.31. The molecule has 0 aliphatic rings. The van der Waals surface area contributed by atoms with Crippen molar-refractivity contribution in [2.24, 2.45) is 0 Å². The lowest BCUT2D eigenvalue weighted by Crippen LogP contribution is -2.31. The van der Waals surface area contributed by atoms with Crippen molar-refractivity contribution < 1.29 is 27.4 Å². The lowest BCUT2D eigenvalue weighted by Gasteiger charge is -2.18. The molecule has 0 saturated carbocycles. The van der Waals surface area contributed by atoms with E-state index in [1.165, 1.54) is 25.3 Å². The number of alkyl halides is 3. The van der Waals surface area contributed by atoms with Crippen molar-refractivity contribution in [1.82, 2.24) is 5.32 Å². The first-order valence-corrected chi connectivity index (χ1v) is 7.54. The molecule has 25 heavy (non-hydrogen) atoms. The van der Waals surface area contributed by atoms with E-state index >= 15 is 0 Å². The fraction of sp³-hybridized carbons (Fsp3) is 0.278. The number of para-hydroxylation sites is 2. The van der Waals surface area contributed by atoms with Crippen molar-refractivity contribution >= 4 is 5.91 Å². The number of rotatable bonds is 6. The summed E-state index contributed by atoms with van der Waals surface area (Å²) in [5.74, 6) is -0.302. The molecule has 134 valence electrons. The monoisotopic (exact) mass is 353 g/mol. The Morgan fingerprint density at radius 3 is 2.32 bits per heavy atom. The number of benzene rings is 2. The number of hydrogen-bond acceptors (Lipinski definition) is 3. The molecular formula is C18H18F3NO3. The first kappa shape index (κ1) is 18.6. The van der Waals surface area contributed by atoms with Crippen molar-refractivity contribution in [3.63, 3.8) is 0 Å². The normalized spacial score (nSPS) is 12.4. The van der Waals surface area contributed by atoms with Crippen LogP contribution in [0.3, 0.4) is 0 Å². The van der Waals surface area contributed by atoms with Gasteiger partial charge in [0.25, 0.3) is 5.91 Å². The molecule has 4 nitrogen and oxygen atoms in total. The van der Waals surface area contributed by atoms with Crippen molar-refractivity contribution in [1.29, 1.82) is 0 Å². The van der Waals surface area contributed by atoms with Crippen LogP contribution in [0.2, 0.25) is 0 Å². The molecule has 1 atom stereocenters. The third-order valence-corrected chi connectivity index (χ3v) is 3.53. The summed E-state index contributed by atoms with van der Waals surface area (Å²) < 4.78 is 49.0. The molecule has 2 aromatic carbocycles. The van der Waals surface area contributed by atoms with Crippen LogP contribution in [0.5, 0.6) is 11.5 Å². The molecule has 7 heteroatoms. The smallest absolute Gasteiger partial charge is 0.419 e. The summed E-state index contributed by atoms with van der Waals surface area (Å²) in [6.07, 6.45) is -4.54. The lowest BCUT2D eigenvalue weighted by atomic mass is 10.1. The third kappa shape index (κ3) is 4.89. The molecule has 0 radical (unpaired) electrons. The van der Waals surface area contributed by atoms with Crippen LogP contribution >= 0.6 is 0 Å². The molecule has 0 bridgehead atoms. The van der Waals surface area contributed by atoms with E-state index in [9.17, 15) is 18.0 Å². The predicted octanol–water partition coefficient (Wildman–Crippen LogP) is 3.97. The highest BCUT2D eigenvalue weighted by atomic mass is 19.4. The third-order valence-electron chi connectivity index (χ3n) is 3.53. The molecule has 0 saturated heterocycles. The lowest BCUT2D eigenvalue weighted by molar-refractivity contribution is -0.139. The number of methoxy groups -OCH3 is 1. The minimum atomic E-state index is -4.54. The van der Waals surface area contributed by atoms with Gasteiger partial charge in [0.2, 0.25) is 0 Å². The standard InChI is InChI=1S/C18H18F3NO3/c1-12(13-7-3-5-9-15(13)24-2)22-17(23)11-25-16-10-6-4-8-14(16)18(19,20)21/h3-10,12H,11H2,1-2H3,(H,22,23). The fourth-order valence-corrected chi connectivity index (χ4v) is 2.36. The molecule has 0 aliphatic carbocycles. The summed E-state index contributed by atoms with van der Waals surface area (Å²) in [6, 6.07) is 11.5. The summed E-state index contributed by atoms with van der Waals surface area (Å²) >= 11 is 0. The predicted molar refractivity (Wildman–Crippen MR) is 86.5 cm³/mol. The van der Waals surface area contributed by atoms with E-state index in [2.05, 4.69) is 5.32 Å². The van der Waals surface area contributed by atoms with E-state index in [1.54, 1.807) is 31.2 Å². The molecule has 1 unspecified atom stereocenters. The van der Waals surface area contributed by atoms with Gasteiger partial charge in [-0.1, -0.05) is 30.3 Å². The zero-order valence-electron chi connectivity index (χ0n) is 13.8. The van der Waals surface area contributed by atoms with E-state index in [0.29, 0.717) is 5.75 Å². The number of carbonyl (C=O) groups is 1. The number of amides is 1. The Bertz CT molecular complexity index is 732. The molecule has 0 fully saturated rings. The van der Waals surface area contributed by atoms with Gasteiger partial charge in [0.1, 0.15) is 11.5 Å². The molecule has 0 heterocycles. The van der Waals surface area contributed by atoms with E-state index in [1.807, 2.05) is 0 Å². The summed E-state index contributed by atoms with van der Waals surface area (Å²) in [6.45, 7) is 1.23. The fourth-order valence-electron chi connectivity index (χ4n) is 2.36. The molecule has 2 aromatic rings. The Kier molecular flexibility index (Phi) is 5.90. The number of ether oxygens (including phenoxy) is 2. The second kappa shape index (κ2) is 7.92. The molecule has 0 spiro atoms. The van der Waals surface area contributed by atoms with E-state index in [-0.39, 0.29) is 11.8 Å². The highest BCUT2D eigenvalue weighted by Gasteiger charge is 2.34. The Balaban J connectivity index is 2.00. The average Bonchev–Trinajstić information content (AvgIpc) is 2.59. The maximum Gasteiger partial charge on any atom is 0.419 e. The van der Waals surface area contributed by atoms with E-state index < -0.39 is 24.3 Å². The summed E-state index contributed by atoms with van der Waals surface area (Å²) in [7, 11) is 1.52. The summed E-state index contributed by atoms with van der Waals surface area (Å²) in [4.78, 5) is 12.0. The topological polar surface area (TPSA) is 47.6 Å². The van der Waals surface area contributed by atoms with Crippen LogP contribution in [-0.4, -0.2) is 19.6 Å². The molecule has 1 amide bonds. The molecule has 0 aromatic heterocycles. The Morgan fingerprint density at radius 1 is 1.08 bits per heavy atom. The molecule has 1 N–H and O–H groups in total. The van der Waals surface area contributed by atoms with Crippen LogP contribution in [0.15, 0.2) is 48.5 Å². The van der Waals surface area contributed by atoms with Crippen LogP contribution in [0.1, 0.15) is 24.1 Å². The van der Waals surface area contributed by atoms with E-state index in [0.717, 1.165) is 11.6 Å². The first-order valence-electron chi connectivity index (χ1n) is 7.54. The van der Waals surface area contributed by atoms with Gasteiger partial charge >= 0.3 is 6.18 Å². The van der Waals surface area contributed by atoms with Crippen molar-refractivity contribution in [2.45, 2.75) is 19.1 Å².